The number of para-hydroxylation sites is 1. The topological polar surface area (TPSA) is 38.1 Å². The van der Waals surface area contributed by atoms with Gasteiger partial charge in [-0.3, -0.25) is 4.79 Å². The number of carbonyl (C=O) groups excluding carboxylic acids is 1. The van der Waals surface area contributed by atoms with Gasteiger partial charge in [0.25, 0.3) is 0 Å². The molecule has 26 heavy (non-hydrogen) atoms. The van der Waals surface area contributed by atoms with Crippen molar-refractivity contribution >= 4 is 5.91 Å². The van der Waals surface area contributed by atoms with Crippen molar-refractivity contribution in [3.05, 3.63) is 83.9 Å². The number of aromatic nitrogens is 2. The second kappa shape index (κ2) is 6.75. The van der Waals surface area contributed by atoms with E-state index in [1.165, 1.54) is 6.07 Å². The maximum atomic E-state index is 13.9. The Morgan fingerprint density at radius 2 is 1.92 bits per heavy atom. The normalized spacial score (nSPS) is 18.5. The molecule has 1 amide bonds. The van der Waals surface area contributed by atoms with Crippen LogP contribution >= 0.6 is 0 Å². The minimum Gasteiger partial charge on any atom is -0.341 e. The fraction of sp³-hybridized carbons (Fsp3) is 0.238. The number of benzene rings is 2. The number of nitrogens with zero attached hydrogens (tertiary/aromatic N) is 3. The van der Waals surface area contributed by atoms with Gasteiger partial charge in [0.2, 0.25) is 5.91 Å². The van der Waals surface area contributed by atoms with Gasteiger partial charge >= 0.3 is 0 Å². The van der Waals surface area contributed by atoms with Crippen molar-refractivity contribution in [1.29, 1.82) is 0 Å². The van der Waals surface area contributed by atoms with Gasteiger partial charge in [-0.15, -0.1) is 0 Å². The molecule has 0 N–H and O–H groups in total. The first-order valence-corrected chi connectivity index (χ1v) is 8.72. The first-order chi connectivity index (χ1) is 12.6. The lowest BCUT2D eigenvalue weighted by molar-refractivity contribution is -0.131. The first kappa shape index (κ1) is 16.5. The van der Waals surface area contributed by atoms with E-state index in [2.05, 4.69) is 5.10 Å². The third-order valence-corrected chi connectivity index (χ3v) is 4.87. The monoisotopic (exact) mass is 349 g/mol. The van der Waals surface area contributed by atoms with Crippen molar-refractivity contribution < 1.29 is 9.18 Å². The maximum absolute atomic E-state index is 13.9. The minimum absolute atomic E-state index is 0.00167. The molecule has 5 heteroatoms. The van der Waals surface area contributed by atoms with Gasteiger partial charge < -0.3 is 4.90 Å². The van der Waals surface area contributed by atoms with E-state index < -0.39 is 0 Å². The predicted octanol–water partition coefficient (Wildman–Crippen LogP) is 3.77. The number of rotatable bonds is 5. The van der Waals surface area contributed by atoms with Crippen molar-refractivity contribution in [2.75, 3.05) is 7.05 Å². The summed E-state index contributed by atoms with van der Waals surface area (Å²) in [6.07, 6.45) is 4.42. The van der Waals surface area contributed by atoms with Crippen LogP contribution in [0.15, 0.2) is 67.0 Å². The Kier molecular flexibility index (Phi) is 4.29. The Balaban J connectivity index is 1.40. The second-order valence-corrected chi connectivity index (χ2v) is 6.79. The molecule has 0 bridgehead atoms. The smallest absolute Gasteiger partial charge is 0.226 e. The standard InChI is InChI=1S/C21H20FN3O/c1-24(13-15-12-23-25(14-15)16-7-3-2-4-8-16)21(26)19-11-18(19)17-9-5-6-10-20(17)22/h2-10,12,14,18-19H,11,13H2,1H3. The summed E-state index contributed by atoms with van der Waals surface area (Å²) in [5.74, 6) is -0.287. The Bertz CT molecular complexity index is 922. The molecule has 4 rings (SSSR count). The van der Waals surface area contributed by atoms with Crippen molar-refractivity contribution in [2.45, 2.75) is 18.9 Å². The third-order valence-electron chi connectivity index (χ3n) is 4.87. The fourth-order valence-corrected chi connectivity index (χ4v) is 3.39. The number of hydrogen-bond donors (Lipinski definition) is 0. The van der Waals surface area contributed by atoms with Crippen LogP contribution < -0.4 is 0 Å². The maximum Gasteiger partial charge on any atom is 0.226 e. The van der Waals surface area contributed by atoms with Crippen LogP contribution in [0.1, 0.15) is 23.5 Å². The van der Waals surface area contributed by atoms with E-state index in [1.54, 1.807) is 35.0 Å². The largest absolute Gasteiger partial charge is 0.341 e. The summed E-state index contributed by atoms with van der Waals surface area (Å²) in [6.45, 7) is 0.492. The molecule has 1 aromatic heterocycles. The minimum atomic E-state index is -0.223. The van der Waals surface area contributed by atoms with Crippen LogP contribution in [0.2, 0.25) is 0 Å². The van der Waals surface area contributed by atoms with Crippen LogP contribution in [0.25, 0.3) is 5.69 Å². The first-order valence-electron chi connectivity index (χ1n) is 8.72. The molecule has 2 aromatic carbocycles. The molecule has 1 aliphatic rings. The molecule has 1 fully saturated rings. The highest BCUT2D eigenvalue weighted by atomic mass is 19.1. The molecule has 132 valence electrons. The lowest BCUT2D eigenvalue weighted by atomic mass is 10.1. The Labute approximate surface area is 151 Å². The molecule has 3 aromatic rings. The zero-order valence-electron chi connectivity index (χ0n) is 14.5. The highest BCUT2D eigenvalue weighted by Gasteiger charge is 2.46. The van der Waals surface area contributed by atoms with E-state index in [1.807, 2.05) is 42.6 Å². The van der Waals surface area contributed by atoms with Gasteiger partial charge in [0, 0.05) is 31.3 Å². The number of halogens is 1. The lowest BCUT2D eigenvalue weighted by Crippen LogP contribution is -2.27. The lowest BCUT2D eigenvalue weighted by Gasteiger charge is -2.16. The van der Waals surface area contributed by atoms with Crippen molar-refractivity contribution in [1.82, 2.24) is 14.7 Å². The molecule has 0 aliphatic heterocycles. The number of amides is 1. The van der Waals surface area contributed by atoms with E-state index in [9.17, 15) is 9.18 Å². The quantitative estimate of drug-likeness (QED) is 0.703. The number of hydrogen-bond acceptors (Lipinski definition) is 2. The summed E-state index contributed by atoms with van der Waals surface area (Å²) in [5, 5.41) is 4.36. The predicted molar refractivity (Wildman–Crippen MR) is 97.3 cm³/mol. The fourth-order valence-electron chi connectivity index (χ4n) is 3.39. The van der Waals surface area contributed by atoms with Gasteiger partial charge in [0.05, 0.1) is 11.9 Å². The summed E-state index contributed by atoms with van der Waals surface area (Å²) in [6, 6.07) is 16.6. The second-order valence-electron chi connectivity index (χ2n) is 6.79. The van der Waals surface area contributed by atoms with Gasteiger partial charge in [-0.25, -0.2) is 9.07 Å². The van der Waals surface area contributed by atoms with Crippen LogP contribution in [0, 0.1) is 11.7 Å². The average molecular weight is 349 g/mol. The molecular formula is C21H20FN3O. The van der Waals surface area contributed by atoms with E-state index in [0.717, 1.165) is 11.3 Å². The highest BCUT2D eigenvalue weighted by molar-refractivity contribution is 5.82. The molecule has 4 nitrogen and oxygen atoms in total. The summed E-state index contributed by atoms with van der Waals surface area (Å²) in [7, 11) is 1.79. The summed E-state index contributed by atoms with van der Waals surface area (Å²) >= 11 is 0. The van der Waals surface area contributed by atoms with Crippen LogP contribution in [-0.4, -0.2) is 27.6 Å². The summed E-state index contributed by atoms with van der Waals surface area (Å²) in [4.78, 5) is 14.4. The SMILES string of the molecule is CN(Cc1cnn(-c2ccccc2)c1)C(=O)C1CC1c1ccccc1F. The van der Waals surface area contributed by atoms with E-state index in [0.29, 0.717) is 18.5 Å². The molecule has 1 heterocycles. The van der Waals surface area contributed by atoms with E-state index in [-0.39, 0.29) is 23.6 Å². The molecule has 0 spiro atoms. The molecule has 1 saturated carbocycles. The van der Waals surface area contributed by atoms with Gasteiger partial charge in [-0.1, -0.05) is 36.4 Å². The van der Waals surface area contributed by atoms with Crippen LogP contribution in [0.3, 0.4) is 0 Å². The van der Waals surface area contributed by atoms with Crippen LogP contribution in [-0.2, 0) is 11.3 Å². The summed E-state index contributed by atoms with van der Waals surface area (Å²) in [5.41, 5.74) is 2.60. The third kappa shape index (κ3) is 3.25. The Hall–Kier alpha value is -2.95. The van der Waals surface area contributed by atoms with E-state index >= 15 is 0 Å². The number of carbonyl (C=O) groups is 1. The molecule has 2 unspecified atom stereocenters. The van der Waals surface area contributed by atoms with E-state index in [4.69, 9.17) is 0 Å². The van der Waals surface area contributed by atoms with Crippen molar-refractivity contribution in [3.8, 4) is 5.69 Å². The summed E-state index contributed by atoms with van der Waals surface area (Å²) < 4.78 is 15.7. The molecule has 0 radical (unpaired) electrons. The molecule has 2 atom stereocenters. The van der Waals surface area contributed by atoms with Crippen LogP contribution in [0.4, 0.5) is 4.39 Å². The van der Waals surface area contributed by atoms with Gasteiger partial charge in [0.15, 0.2) is 0 Å². The zero-order valence-corrected chi connectivity index (χ0v) is 14.5. The van der Waals surface area contributed by atoms with Crippen LogP contribution in [0.5, 0.6) is 0 Å². The van der Waals surface area contributed by atoms with Gasteiger partial charge in [-0.05, 0) is 36.1 Å². The zero-order chi connectivity index (χ0) is 18.1. The van der Waals surface area contributed by atoms with Gasteiger partial charge in [-0.2, -0.15) is 5.10 Å². The van der Waals surface area contributed by atoms with Gasteiger partial charge in [0.1, 0.15) is 5.82 Å². The molecule has 1 aliphatic carbocycles. The Morgan fingerprint density at radius 3 is 2.69 bits per heavy atom. The van der Waals surface area contributed by atoms with Crippen molar-refractivity contribution in [3.63, 3.8) is 0 Å². The molecular weight excluding hydrogens is 329 g/mol. The van der Waals surface area contributed by atoms with Crippen molar-refractivity contribution in [2.24, 2.45) is 5.92 Å². The Morgan fingerprint density at radius 1 is 1.19 bits per heavy atom. The highest BCUT2D eigenvalue weighted by Crippen LogP contribution is 2.49. The molecule has 0 saturated heterocycles. The average Bonchev–Trinajstić information content (AvgIpc) is 3.32.